The second-order valence-corrected chi connectivity index (χ2v) is 32.5. The molecule has 15 aromatic rings. The summed E-state index contributed by atoms with van der Waals surface area (Å²) in [6.07, 6.45) is 1.71. The van der Waals surface area contributed by atoms with Gasteiger partial charge < -0.3 is 81.0 Å². The number of esters is 1. The lowest BCUT2D eigenvalue weighted by molar-refractivity contribution is 0.0526. The first-order chi connectivity index (χ1) is 66.4. The first-order valence-corrected chi connectivity index (χ1v) is 45.9. The number of nitrogens with zero attached hydrogens (tertiary/aromatic N) is 3. The summed E-state index contributed by atoms with van der Waals surface area (Å²) in [5.74, 6) is 7.58. The van der Waals surface area contributed by atoms with E-state index >= 15 is 0 Å². The van der Waals surface area contributed by atoms with E-state index < -0.39 is 5.97 Å². The van der Waals surface area contributed by atoms with Crippen molar-refractivity contribution in [3.8, 4) is 74.7 Å². The van der Waals surface area contributed by atoms with Crippen molar-refractivity contribution in [3.63, 3.8) is 0 Å². The SMILES string of the molecule is C=CCOc1ccc(COc2ccc(COc3ccc(COc4ccc(C(=O)OCC)cc4N(CC)Cc4cc(OCc5cc(OCc6ccccc6)cc(OCc6ccccc6)c5)cc(OCc5cc(OCc6ccccc6)cc(OCc6ccccc6)c5)c4)cc3N(CC)Cc3cc(OCc4ccccc4)cc(OCc4ccccc4)c3)cc2N(CC)Cc2ccccc2)cc1OC. The number of rotatable bonds is 51. The van der Waals surface area contributed by atoms with Gasteiger partial charge in [0.2, 0.25) is 0 Å². The van der Waals surface area contributed by atoms with E-state index in [9.17, 15) is 4.79 Å². The molecule has 0 aromatic heterocycles. The molecule has 0 fully saturated rings. The lowest BCUT2D eigenvalue weighted by Gasteiger charge is -2.28. The second kappa shape index (κ2) is 49.0. The molecule has 0 saturated heterocycles. The van der Waals surface area contributed by atoms with Gasteiger partial charge in [-0.25, -0.2) is 4.79 Å². The Kier molecular flexibility index (Phi) is 34.1. The van der Waals surface area contributed by atoms with Gasteiger partial charge >= 0.3 is 5.97 Å². The Morgan fingerprint density at radius 1 is 0.244 bits per heavy atom. The Bertz CT molecular complexity index is 5910. The number of carbonyl (C=O) groups is 1. The third-order valence-electron chi connectivity index (χ3n) is 22.5. The third-order valence-corrected chi connectivity index (χ3v) is 22.5. The van der Waals surface area contributed by atoms with Crippen molar-refractivity contribution in [2.75, 3.05) is 54.7 Å². The van der Waals surface area contributed by atoms with E-state index in [1.165, 1.54) is 0 Å². The first kappa shape index (κ1) is 94.0. The summed E-state index contributed by atoms with van der Waals surface area (Å²) >= 11 is 0. The van der Waals surface area contributed by atoms with Crippen LogP contribution >= 0.6 is 0 Å². The molecule has 18 nitrogen and oxygen atoms in total. The Balaban J connectivity index is 0.758. The van der Waals surface area contributed by atoms with Crippen molar-refractivity contribution in [2.45, 2.75) is 120 Å². The van der Waals surface area contributed by atoms with Gasteiger partial charge in [-0.1, -0.05) is 243 Å². The summed E-state index contributed by atoms with van der Waals surface area (Å²) in [6.45, 7) is 18.7. The van der Waals surface area contributed by atoms with Gasteiger partial charge in [0.15, 0.2) is 11.5 Å². The minimum Gasteiger partial charge on any atom is -0.493 e. The molecule has 0 aliphatic carbocycles. The molecule has 15 aromatic carbocycles. The second-order valence-electron chi connectivity index (χ2n) is 32.5. The van der Waals surface area contributed by atoms with E-state index in [0.29, 0.717) is 172 Å². The zero-order valence-corrected chi connectivity index (χ0v) is 77.2. The van der Waals surface area contributed by atoms with Crippen LogP contribution in [0.1, 0.15) is 116 Å². The molecule has 0 N–H and O–H groups in total. The quantitative estimate of drug-likeness (QED) is 0.0262. The Morgan fingerprint density at radius 3 is 0.800 bits per heavy atom. The largest absolute Gasteiger partial charge is 0.493 e. The van der Waals surface area contributed by atoms with Crippen molar-refractivity contribution < 1.29 is 71.1 Å². The number of ether oxygens (including phenoxy) is 14. The van der Waals surface area contributed by atoms with Crippen LogP contribution in [0.3, 0.4) is 0 Å². The summed E-state index contributed by atoms with van der Waals surface area (Å²) in [6, 6.07) is 119. The fourth-order valence-electron chi connectivity index (χ4n) is 15.5. The van der Waals surface area contributed by atoms with Crippen LogP contribution in [0.5, 0.6) is 74.7 Å². The number of methoxy groups -OCH3 is 1. The van der Waals surface area contributed by atoms with E-state index in [1.807, 2.05) is 273 Å². The first-order valence-electron chi connectivity index (χ1n) is 45.9. The summed E-state index contributed by atoms with van der Waals surface area (Å²) in [4.78, 5) is 20.8. The predicted molar refractivity (Wildman–Crippen MR) is 533 cm³/mol. The molecule has 0 heterocycles. The van der Waals surface area contributed by atoms with Crippen LogP contribution in [0.25, 0.3) is 0 Å². The summed E-state index contributed by atoms with van der Waals surface area (Å²) in [5.41, 5.74) is 16.2. The van der Waals surface area contributed by atoms with Crippen LogP contribution in [0.2, 0.25) is 0 Å². The fraction of sp³-hybridized carbons (Fsp3) is 0.205. The molecule has 688 valence electrons. The number of benzene rings is 15. The minimum absolute atomic E-state index is 0.115. The number of hydrogen-bond acceptors (Lipinski definition) is 18. The van der Waals surface area contributed by atoms with Crippen LogP contribution in [0, 0.1) is 0 Å². The Hall–Kier alpha value is -15.7. The molecular formula is C117H115N3O15. The van der Waals surface area contributed by atoms with Gasteiger partial charge in [0.1, 0.15) is 143 Å². The summed E-state index contributed by atoms with van der Waals surface area (Å²) < 4.78 is 91.5. The molecule has 0 unspecified atom stereocenters. The van der Waals surface area contributed by atoms with Crippen molar-refractivity contribution in [1.82, 2.24) is 0 Å². The zero-order valence-electron chi connectivity index (χ0n) is 77.2. The highest BCUT2D eigenvalue weighted by atomic mass is 16.5. The van der Waals surface area contributed by atoms with Gasteiger partial charge in [-0.15, -0.1) is 0 Å². The van der Waals surface area contributed by atoms with Crippen molar-refractivity contribution >= 4 is 23.0 Å². The highest BCUT2D eigenvalue weighted by Gasteiger charge is 2.24. The molecule has 135 heavy (non-hydrogen) atoms. The molecule has 18 heteroatoms. The van der Waals surface area contributed by atoms with Crippen molar-refractivity contribution in [1.29, 1.82) is 0 Å². The smallest absolute Gasteiger partial charge is 0.338 e. The maximum absolute atomic E-state index is 14.0. The van der Waals surface area contributed by atoms with Crippen LogP contribution in [0.4, 0.5) is 17.1 Å². The lowest BCUT2D eigenvalue weighted by Crippen LogP contribution is -2.24. The molecule has 0 aliphatic rings. The van der Waals surface area contributed by atoms with Crippen LogP contribution < -0.4 is 76.3 Å². The minimum atomic E-state index is -0.466. The predicted octanol–water partition coefficient (Wildman–Crippen LogP) is 25.9. The van der Waals surface area contributed by atoms with Gasteiger partial charge in [0.05, 0.1) is 36.3 Å². The summed E-state index contributed by atoms with van der Waals surface area (Å²) in [7, 11) is 1.63. The van der Waals surface area contributed by atoms with Crippen molar-refractivity contribution in [3.05, 3.63) is 454 Å². The highest BCUT2D eigenvalue weighted by molar-refractivity contribution is 5.91. The molecule has 0 aliphatic heterocycles. The maximum atomic E-state index is 14.0. The van der Waals surface area contributed by atoms with Gasteiger partial charge in [-0.3, -0.25) is 0 Å². The maximum Gasteiger partial charge on any atom is 0.338 e. The molecule has 0 atom stereocenters. The van der Waals surface area contributed by atoms with Gasteiger partial charge in [0.25, 0.3) is 0 Å². The average Bonchev–Trinajstić information content (AvgIpc) is 0.821. The van der Waals surface area contributed by atoms with Crippen LogP contribution in [-0.2, 0) is 97.0 Å². The molecule has 15 rings (SSSR count). The highest BCUT2D eigenvalue weighted by Crippen LogP contribution is 2.41. The van der Waals surface area contributed by atoms with E-state index in [1.54, 1.807) is 26.2 Å². The monoisotopic (exact) mass is 1800 g/mol. The fourth-order valence-corrected chi connectivity index (χ4v) is 15.5. The van der Waals surface area contributed by atoms with E-state index in [0.717, 1.165) is 89.3 Å². The van der Waals surface area contributed by atoms with E-state index in [4.69, 9.17) is 66.3 Å². The standard InChI is InChI=1S/C117H115N3O15/c1-7-55-124-115-53-49-95(66-116(115)122-6)83-135-112-51-47-93(64-109(112)118(8-2)72-86-33-19-12-20-34-86)81-133-113-52-48-94(65-110(113)119(9-3)73-96-56-101(125-75-87-35-21-13-22-36-87)68-102(57-96)126-76-88-37-23-14-24-38-88)82-134-114-54-50-100(117(121)123-11-5)67-111(114)120(10-4)74-97-58-103(131-84-98-60-105(127-77-89-39-25-15-26-40-89)70-106(61-98)128-78-90-41-27-16-28-42-90)69-104(59-97)132-85-99-62-107(129-79-91-43-29-17-30-44-91)71-108(63-99)130-80-92-45-31-18-32-46-92/h7,12-54,56-71H,1,8-11,55,72-85H2,2-6H3. The van der Waals surface area contributed by atoms with Crippen molar-refractivity contribution in [2.24, 2.45) is 0 Å². The van der Waals surface area contributed by atoms with Gasteiger partial charge in [-0.2, -0.15) is 0 Å². The lowest BCUT2D eigenvalue weighted by atomic mass is 10.1. The number of hydrogen-bond donors (Lipinski definition) is 0. The van der Waals surface area contributed by atoms with Gasteiger partial charge in [0, 0.05) is 63.5 Å². The number of anilines is 3. The number of carbonyl (C=O) groups excluding carboxylic acids is 1. The van der Waals surface area contributed by atoms with Crippen LogP contribution in [-0.4, -0.2) is 45.9 Å². The third kappa shape index (κ3) is 28.2. The zero-order chi connectivity index (χ0) is 93.0. The molecule has 0 saturated carbocycles. The average molecular weight is 1800 g/mol. The van der Waals surface area contributed by atoms with Crippen LogP contribution in [0.15, 0.2) is 371 Å². The topological polar surface area (TPSA) is 156 Å². The summed E-state index contributed by atoms with van der Waals surface area (Å²) in [5, 5.41) is 0. The van der Waals surface area contributed by atoms with E-state index in [-0.39, 0.29) is 39.6 Å². The molecule has 0 bridgehead atoms. The Morgan fingerprint density at radius 2 is 0.504 bits per heavy atom. The molecule has 0 amide bonds. The molecular weight excluding hydrogens is 1690 g/mol. The Labute approximate surface area is 792 Å². The van der Waals surface area contributed by atoms with Gasteiger partial charge in [-0.05, 0) is 209 Å². The normalized spacial score (nSPS) is 10.9. The van der Waals surface area contributed by atoms with E-state index in [2.05, 4.69) is 121 Å². The molecule has 0 spiro atoms. The molecule has 0 radical (unpaired) electrons.